The Bertz CT molecular complexity index is 1150. The number of nitrogens with one attached hydrogen (secondary N) is 1. The van der Waals surface area contributed by atoms with Gasteiger partial charge in [-0.05, 0) is 24.6 Å². The fraction of sp³-hybridized carbons (Fsp3) is 0.467. The molecule has 0 bridgehead atoms. The Balaban J connectivity index is 1.69. The van der Waals surface area contributed by atoms with E-state index in [0.29, 0.717) is 23.3 Å². The number of amides is 2. The molecule has 2 amide bonds. The zero-order valence-electron chi connectivity index (χ0n) is 21.8. The van der Waals surface area contributed by atoms with Crippen LogP contribution in [0.3, 0.4) is 0 Å². The van der Waals surface area contributed by atoms with E-state index in [4.69, 9.17) is 4.74 Å². The van der Waals surface area contributed by atoms with E-state index in [1.165, 1.54) is 11.0 Å². The summed E-state index contributed by atoms with van der Waals surface area (Å²) < 4.78 is 20.8. The molecule has 2 aromatic rings. The van der Waals surface area contributed by atoms with Gasteiger partial charge in [-0.15, -0.1) is 0 Å². The lowest BCUT2D eigenvalue weighted by atomic mass is 9.77. The van der Waals surface area contributed by atoms with Crippen molar-refractivity contribution in [3.05, 3.63) is 77.1 Å². The number of rotatable bonds is 12. The summed E-state index contributed by atoms with van der Waals surface area (Å²) in [6, 6.07) is 12.7. The maximum absolute atomic E-state index is 14.7. The third kappa shape index (κ3) is 6.08. The number of nitrogens with zero attached hydrogens (tertiary/aromatic N) is 1. The standard InChI is InChI=1S/C30H37FN2O5/c1-2-3-4-5-6-15-26(35)33(19-20-11-7-9-13-23(20)31)24-18-22(30(37)32-16-17-34)27-21-12-8-10-14-25(21)38-29(27)28(24)36/h7-14,18,24,27-29,34,36H,2-6,15-17,19H2,1H3,(H,32,37)/t24-,27+,28+,29+/m1/s1. The summed E-state index contributed by atoms with van der Waals surface area (Å²) in [5, 5.41) is 23.5. The second-order valence-corrected chi connectivity index (χ2v) is 9.96. The van der Waals surface area contributed by atoms with Crippen LogP contribution < -0.4 is 10.1 Å². The fourth-order valence-corrected chi connectivity index (χ4v) is 5.38. The maximum Gasteiger partial charge on any atom is 0.247 e. The average molecular weight is 525 g/mol. The first kappa shape index (κ1) is 27.8. The lowest BCUT2D eigenvalue weighted by Crippen LogP contribution is -2.55. The predicted molar refractivity (Wildman–Crippen MR) is 142 cm³/mol. The third-order valence-electron chi connectivity index (χ3n) is 7.35. The summed E-state index contributed by atoms with van der Waals surface area (Å²) in [6.45, 7) is 1.93. The molecule has 1 aliphatic heterocycles. The van der Waals surface area contributed by atoms with Gasteiger partial charge >= 0.3 is 0 Å². The van der Waals surface area contributed by atoms with Crippen LogP contribution in [0.1, 0.15) is 62.5 Å². The number of halogens is 1. The Kier molecular flexibility index (Phi) is 9.53. The van der Waals surface area contributed by atoms with Crippen molar-refractivity contribution in [3.63, 3.8) is 0 Å². The first-order valence-electron chi connectivity index (χ1n) is 13.5. The Morgan fingerprint density at radius 3 is 2.55 bits per heavy atom. The van der Waals surface area contributed by atoms with Gasteiger partial charge in [0.2, 0.25) is 11.8 Å². The lowest BCUT2D eigenvalue weighted by Gasteiger charge is -2.41. The van der Waals surface area contributed by atoms with Crippen LogP contribution in [0.2, 0.25) is 0 Å². The van der Waals surface area contributed by atoms with Crippen molar-refractivity contribution in [2.24, 2.45) is 0 Å². The van der Waals surface area contributed by atoms with Gasteiger partial charge in [0.15, 0.2) is 0 Å². The van der Waals surface area contributed by atoms with Gasteiger partial charge in [0.1, 0.15) is 23.8 Å². The van der Waals surface area contributed by atoms with E-state index in [9.17, 15) is 24.2 Å². The minimum absolute atomic E-state index is 0.0471. The molecule has 3 N–H and O–H groups in total. The zero-order valence-corrected chi connectivity index (χ0v) is 21.8. The Labute approximate surface area is 223 Å². The summed E-state index contributed by atoms with van der Waals surface area (Å²) in [5.74, 6) is -1.01. The van der Waals surface area contributed by atoms with Gasteiger partial charge in [0.05, 0.1) is 18.6 Å². The minimum atomic E-state index is -1.14. The smallest absolute Gasteiger partial charge is 0.247 e. The highest BCUT2D eigenvalue weighted by molar-refractivity contribution is 5.96. The van der Waals surface area contributed by atoms with Gasteiger partial charge in [-0.3, -0.25) is 9.59 Å². The van der Waals surface area contributed by atoms with Crippen molar-refractivity contribution in [1.29, 1.82) is 0 Å². The van der Waals surface area contributed by atoms with Crippen LogP contribution in [0.15, 0.2) is 60.2 Å². The topological polar surface area (TPSA) is 99.1 Å². The second-order valence-electron chi connectivity index (χ2n) is 9.96. The lowest BCUT2D eigenvalue weighted by molar-refractivity contribution is -0.138. The van der Waals surface area contributed by atoms with Gasteiger partial charge in [0, 0.05) is 36.2 Å². The van der Waals surface area contributed by atoms with Crippen molar-refractivity contribution in [2.45, 2.75) is 76.2 Å². The number of para-hydroxylation sites is 1. The molecule has 8 heteroatoms. The number of hydrogen-bond acceptors (Lipinski definition) is 5. The highest BCUT2D eigenvalue weighted by Gasteiger charge is 2.50. The van der Waals surface area contributed by atoms with E-state index in [0.717, 1.165) is 31.2 Å². The first-order chi connectivity index (χ1) is 18.5. The van der Waals surface area contributed by atoms with Gasteiger partial charge < -0.3 is 25.2 Å². The van der Waals surface area contributed by atoms with Crippen molar-refractivity contribution in [1.82, 2.24) is 10.2 Å². The van der Waals surface area contributed by atoms with Crippen LogP contribution in [0.25, 0.3) is 0 Å². The molecule has 0 aromatic heterocycles. The molecular weight excluding hydrogens is 487 g/mol. The molecule has 38 heavy (non-hydrogen) atoms. The number of fused-ring (bicyclic) bond motifs is 3. The monoisotopic (exact) mass is 524 g/mol. The summed E-state index contributed by atoms with van der Waals surface area (Å²) >= 11 is 0. The van der Waals surface area contributed by atoms with Crippen molar-refractivity contribution in [2.75, 3.05) is 13.2 Å². The van der Waals surface area contributed by atoms with E-state index < -0.39 is 35.9 Å². The molecule has 204 valence electrons. The number of ether oxygens (including phenoxy) is 1. The highest BCUT2D eigenvalue weighted by Crippen LogP contribution is 2.47. The number of aliphatic hydroxyl groups excluding tert-OH is 2. The number of carbonyl (C=O) groups excluding carboxylic acids is 2. The third-order valence-corrected chi connectivity index (χ3v) is 7.35. The largest absolute Gasteiger partial charge is 0.486 e. The molecule has 0 saturated heterocycles. The van der Waals surface area contributed by atoms with Crippen LogP contribution in [0, 0.1) is 5.82 Å². The number of aliphatic hydroxyl groups is 2. The number of carbonyl (C=O) groups is 2. The van der Waals surface area contributed by atoms with Crippen LogP contribution in [0.5, 0.6) is 5.75 Å². The Morgan fingerprint density at radius 2 is 1.79 bits per heavy atom. The van der Waals surface area contributed by atoms with E-state index in [2.05, 4.69) is 12.2 Å². The maximum atomic E-state index is 14.7. The quantitative estimate of drug-likeness (QED) is 0.367. The molecule has 0 saturated carbocycles. The molecule has 1 aliphatic carbocycles. The van der Waals surface area contributed by atoms with Crippen molar-refractivity contribution < 1.29 is 28.9 Å². The van der Waals surface area contributed by atoms with E-state index in [1.807, 2.05) is 18.2 Å². The molecule has 0 spiro atoms. The molecular formula is C30H37FN2O5. The summed E-state index contributed by atoms with van der Waals surface area (Å²) in [5.41, 5.74) is 1.47. The van der Waals surface area contributed by atoms with Gasteiger partial charge in [-0.25, -0.2) is 4.39 Å². The molecule has 4 rings (SSSR count). The molecule has 2 aliphatic rings. The number of unbranched alkanes of at least 4 members (excludes halogenated alkanes) is 4. The SMILES string of the molecule is CCCCCCCC(=O)N(Cc1ccccc1F)[C@@H]1C=C(C(=O)NCCO)[C@@H]2c3ccccc3O[C@@H]2[C@H]1O. The molecule has 0 unspecified atom stereocenters. The van der Waals surface area contributed by atoms with E-state index >= 15 is 0 Å². The fourth-order valence-electron chi connectivity index (χ4n) is 5.38. The molecule has 0 radical (unpaired) electrons. The van der Waals surface area contributed by atoms with Gasteiger partial charge in [0.25, 0.3) is 0 Å². The molecule has 2 aromatic carbocycles. The Morgan fingerprint density at radius 1 is 1.05 bits per heavy atom. The normalized spacial score (nSPS) is 21.6. The average Bonchev–Trinajstić information content (AvgIpc) is 3.32. The second kappa shape index (κ2) is 13.0. The predicted octanol–water partition coefficient (Wildman–Crippen LogP) is 3.84. The molecule has 7 nitrogen and oxygen atoms in total. The summed E-state index contributed by atoms with van der Waals surface area (Å²) in [6.07, 6.45) is 4.79. The molecule has 1 heterocycles. The Hall–Kier alpha value is -3.23. The first-order valence-corrected chi connectivity index (χ1v) is 13.5. The number of benzene rings is 2. The van der Waals surface area contributed by atoms with Crippen LogP contribution in [-0.2, 0) is 16.1 Å². The van der Waals surface area contributed by atoms with Crippen LogP contribution in [-0.4, -0.2) is 58.3 Å². The van der Waals surface area contributed by atoms with Gasteiger partial charge in [-0.1, -0.05) is 69.0 Å². The zero-order chi connectivity index (χ0) is 27.1. The van der Waals surface area contributed by atoms with Crippen LogP contribution >= 0.6 is 0 Å². The van der Waals surface area contributed by atoms with E-state index in [1.54, 1.807) is 30.3 Å². The van der Waals surface area contributed by atoms with Gasteiger partial charge in [-0.2, -0.15) is 0 Å². The summed E-state index contributed by atoms with van der Waals surface area (Å²) in [4.78, 5) is 28.3. The minimum Gasteiger partial charge on any atom is -0.486 e. The van der Waals surface area contributed by atoms with Crippen molar-refractivity contribution in [3.8, 4) is 5.75 Å². The molecule has 0 fully saturated rings. The molecule has 4 atom stereocenters. The van der Waals surface area contributed by atoms with Crippen molar-refractivity contribution >= 4 is 11.8 Å². The highest BCUT2D eigenvalue weighted by atomic mass is 19.1. The van der Waals surface area contributed by atoms with E-state index in [-0.39, 0.29) is 32.0 Å². The summed E-state index contributed by atoms with van der Waals surface area (Å²) in [7, 11) is 0. The van der Waals surface area contributed by atoms with Crippen LogP contribution in [0.4, 0.5) is 4.39 Å². The number of hydrogen-bond donors (Lipinski definition) is 3.